The van der Waals surface area contributed by atoms with Crippen molar-refractivity contribution < 1.29 is 23.4 Å². The van der Waals surface area contributed by atoms with Crippen LogP contribution in [-0.2, 0) is 22.7 Å². The topological polar surface area (TPSA) is 49.8 Å². The molecule has 0 heterocycles. The number of ether oxygens (including phenoxy) is 1. The van der Waals surface area contributed by atoms with E-state index >= 15 is 0 Å². The molecular weight excluding hydrogens is 352 g/mol. The first-order chi connectivity index (χ1) is 12.8. The Kier molecular flexibility index (Phi) is 7.30. The van der Waals surface area contributed by atoms with Crippen LogP contribution in [0, 0.1) is 17.6 Å². The lowest BCUT2D eigenvalue weighted by atomic mass is 10.0. The molecule has 0 radical (unpaired) electrons. The van der Waals surface area contributed by atoms with Crippen LogP contribution in [-0.4, -0.2) is 29.1 Å². The third-order valence-corrected chi connectivity index (χ3v) is 4.29. The van der Waals surface area contributed by atoms with Gasteiger partial charge in [-0.05, 0) is 31.0 Å². The van der Waals surface area contributed by atoms with Gasteiger partial charge in [0.2, 0.25) is 0 Å². The number of hydrogen-bond donors (Lipinski definition) is 1. The van der Waals surface area contributed by atoms with Gasteiger partial charge in [-0.2, -0.15) is 0 Å². The van der Waals surface area contributed by atoms with Crippen LogP contribution in [0.4, 0.5) is 8.78 Å². The Balaban J connectivity index is 2.09. The molecule has 2 aromatic rings. The highest BCUT2D eigenvalue weighted by Gasteiger charge is 2.27. The van der Waals surface area contributed by atoms with Crippen molar-refractivity contribution in [3.05, 3.63) is 65.2 Å². The fourth-order valence-electron chi connectivity index (χ4n) is 2.81. The van der Waals surface area contributed by atoms with Gasteiger partial charge in [-0.15, -0.1) is 0 Å². The van der Waals surface area contributed by atoms with Crippen molar-refractivity contribution in [2.24, 2.45) is 5.92 Å². The van der Waals surface area contributed by atoms with Crippen LogP contribution in [0.2, 0.25) is 0 Å². The molecule has 0 aliphatic heterocycles. The molecule has 0 saturated heterocycles. The third-order valence-electron chi connectivity index (χ3n) is 4.29. The van der Waals surface area contributed by atoms with Crippen molar-refractivity contribution in [1.82, 2.24) is 4.90 Å². The summed E-state index contributed by atoms with van der Waals surface area (Å²) in [5.41, 5.74) is 0.993. The minimum atomic E-state index is -1.01. The van der Waals surface area contributed by atoms with Crippen molar-refractivity contribution in [2.45, 2.75) is 39.5 Å². The van der Waals surface area contributed by atoms with E-state index in [0.717, 1.165) is 11.6 Å². The third kappa shape index (κ3) is 5.76. The van der Waals surface area contributed by atoms with Crippen molar-refractivity contribution in [2.75, 3.05) is 7.05 Å². The van der Waals surface area contributed by atoms with Gasteiger partial charge in [0.25, 0.3) is 0 Å². The molecule has 146 valence electrons. The van der Waals surface area contributed by atoms with E-state index in [9.17, 15) is 18.7 Å². The number of likely N-dealkylation sites (N-methyl/N-ethyl adjacent to an activating group) is 1. The Morgan fingerprint density at radius 2 is 1.81 bits per heavy atom. The van der Waals surface area contributed by atoms with E-state index < -0.39 is 29.4 Å². The number of phenolic OH excluding ortho intramolecular Hbond substituents is 1. The van der Waals surface area contributed by atoms with Crippen molar-refractivity contribution in [3.63, 3.8) is 0 Å². The van der Waals surface area contributed by atoms with E-state index in [2.05, 4.69) is 0 Å². The van der Waals surface area contributed by atoms with Crippen LogP contribution in [0.5, 0.6) is 5.75 Å². The van der Waals surface area contributed by atoms with Gasteiger partial charge in [0.1, 0.15) is 12.6 Å². The highest BCUT2D eigenvalue weighted by atomic mass is 19.1. The van der Waals surface area contributed by atoms with Gasteiger partial charge in [0, 0.05) is 12.1 Å². The molecule has 6 heteroatoms. The molecule has 0 aliphatic carbocycles. The molecule has 27 heavy (non-hydrogen) atoms. The van der Waals surface area contributed by atoms with E-state index in [0.29, 0.717) is 6.42 Å². The van der Waals surface area contributed by atoms with Crippen molar-refractivity contribution in [3.8, 4) is 5.75 Å². The summed E-state index contributed by atoms with van der Waals surface area (Å²) in [6.07, 6.45) is 0.527. The smallest absolute Gasteiger partial charge is 0.323 e. The van der Waals surface area contributed by atoms with Crippen LogP contribution in [0.15, 0.2) is 42.5 Å². The summed E-state index contributed by atoms with van der Waals surface area (Å²) in [5, 5.41) is 9.44. The molecule has 2 aromatic carbocycles. The minimum absolute atomic E-state index is 0.0392. The number of hydrogen-bond acceptors (Lipinski definition) is 4. The molecule has 2 rings (SSSR count). The standard InChI is InChI=1S/C21H25F2NO3/c1-14(2)11-18(21(26)27-13-15-7-5-4-6-8-15)24(3)12-16-9-10-17(22)20(25)19(16)23/h4-10,14,18,25H,11-13H2,1-3H3/t18-/m0/s1. The molecule has 0 saturated carbocycles. The summed E-state index contributed by atoms with van der Waals surface area (Å²) >= 11 is 0. The van der Waals surface area contributed by atoms with E-state index in [1.807, 2.05) is 44.2 Å². The Morgan fingerprint density at radius 3 is 2.44 bits per heavy atom. The lowest BCUT2D eigenvalue weighted by molar-refractivity contribution is -0.151. The Morgan fingerprint density at radius 1 is 1.15 bits per heavy atom. The molecule has 1 N–H and O–H groups in total. The minimum Gasteiger partial charge on any atom is -0.503 e. The zero-order valence-corrected chi connectivity index (χ0v) is 15.8. The van der Waals surface area contributed by atoms with Gasteiger partial charge in [0.05, 0.1) is 0 Å². The van der Waals surface area contributed by atoms with Gasteiger partial charge in [-0.25, -0.2) is 8.78 Å². The predicted molar refractivity (Wildman–Crippen MR) is 99.0 cm³/mol. The number of carbonyl (C=O) groups is 1. The molecule has 0 aliphatic rings. The first-order valence-electron chi connectivity index (χ1n) is 8.86. The van der Waals surface area contributed by atoms with E-state index in [-0.39, 0.29) is 24.6 Å². The SMILES string of the molecule is CC(C)C[C@@H](C(=O)OCc1ccccc1)N(C)Cc1ccc(F)c(O)c1F. The maximum atomic E-state index is 14.1. The summed E-state index contributed by atoms with van der Waals surface area (Å²) in [6.45, 7) is 4.16. The number of esters is 1. The Hall–Kier alpha value is -2.47. The Labute approximate surface area is 158 Å². The summed E-state index contributed by atoms with van der Waals surface area (Å²) in [6, 6.07) is 11.0. The quantitative estimate of drug-likeness (QED) is 0.699. The van der Waals surface area contributed by atoms with Gasteiger partial charge in [-0.3, -0.25) is 9.69 Å². The second-order valence-electron chi connectivity index (χ2n) is 7.02. The van der Waals surface area contributed by atoms with Gasteiger partial charge in [-0.1, -0.05) is 50.2 Å². The second-order valence-corrected chi connectivity index (χ2v) is 7.02. The molecule has 0 spiro atoms. The number of benzene rings is 2. The van der Waals surface area contributed by atoms with Crippen molar-refractivity contribution >= 4 is 5.97 Å². The number of nitrogens with zero attached hydrogens (tertiary/aromatic N) is 1. The zero-order chi connectivity index (χ0) is 20.0. The first kappa shape index (κ1) is 20.8. The maximum Gasteiger partial charge on any atom is 0.323 e. The fraction of sp³-hybridized carbons (Fsp3) is 0.381. The molecule has 0 fully saturated rings. The van der Waals surface area contributed by atoms with Gasteiger partial charge < -0.3 is 9.84 Å². The summed E-state index contributed by atoms with van der Waals surface area (Å²) in [4.78, 5) is 14.3. The fourth-order valence-corrected chi connectivity index (χ4v) is 2.81. The van der Waals surface area contributed by atoms with Crippen LogP contribution in [0.1, 0.15) is 31.4 Å². The molecule has 0 bridgehead atoms. The highest BCUT2D eigenvalue weighted by molar-refractivity contribution is 5.75. The van der Waals surface area contributed by atoms with E-state index in [1.165, 1.54) is 6.07 Å². The first-order valence-corrected chi connectivity index (χ1v) is 8.86. The normalized spacial score (nSPS) is 12.4. The summed E-state index contributed by atoms with van der Waals surface area (Å²) < 4.78 is 32.8. The largest absolute Gasteiger partial charge is 0.503 e. The second kappa shape index (κ2) is 9.46. The van der Waals surface area contributed by atoms with Crippen molar-refractivity contribution in [1.29, 1.82) is 0 Å². The number of phenols is 1. The van der Waals surface area contributed by atoms with Crippen LogP contribution >= 0.6 is 0 Å². The number of halogens is 2. The summed E-state index contributed by atoms with van der Waals surface area (Å²) in [5.74, 6) is -3.22. The van der Waals surface area contributed by atoms with Crippen LogP contribution in [0.3, 0.4) is 0 Å². The lowest BCUT2D eigenvalue weighted by Crippen LogP contribution is -2.40. The molecule has 0 unspecified atom stereocenters. The molecular formula is C21H25F2NO3. The van der Waals surface area contributed by atoms with Gasteiger partial charge >= 0.3 is 5.97 Å². The van der Waals surface area contributed by atoms with E-state index in [1.54, 1.807) is 11.9 Å². The number of aromatic hydroxyl groups is 1. The number of rotatable bonds is 8. The van der Waals surface area contributed by atoms with Gasteiger partial charge in [0.15, 0.2) is 17.4 Å². The summed E-state index contributed by atoms with van der Waals surface area (Å²) in [7, 11) is 1.68. The molecule has 0 amide bonds. The zero-order valence-electron chi connectivity index (χ0n) is 15.8. The average Bonchev–Trinajstić information content (AvgIpc) is 2.65. The molecule has 1 atom stereocenters. The van der Waals surface area contributed by atoms with E-state index in [4.69, 9.17) is 4.74 Å². The predicted octanol–water partition coefficient (Wildman–Crippen LogP) is 4.26. The average molecular weight is 377 g/mol. The molecule has 0 aromatic heterocycles. The Bertz CT molecular complexity index is 766. The maximum absolute atomic E-state index is 14.1. The lowest BCUT2D eigenvalue weighted by Gasteiger charge is -2.28. The monoisotopic (exact) mass is 377 g/mol. The number of carbonyl (C=O) groups excluding carboxylic acids is 1. The highest BCUT2D eigenvalue weighted by Crippen LogP contribution is 2.25. The van der Waals surface area contributed by atoms with Crippen LogP contribution in [0.25, 0.3) is 0 Å². The van der Waals surface area contributed by atoms with Crippen LogP contribution < -0.4 is 0 Å². The molecule has 4 nitrogen and oxygen atoms in total.